The molecule has 0 saturated carbocycles. The van der Waals surface area contributed by atoms with Crippen molar-refractivity contribution in [3.05, 3.63) is 120 Å². The minimum absolute atomic E-state index is 0.136. The molecule has 8 heteroatoms. The fourth-order valence-corrected chi connectivity index (χ4v) is 5.40. The molecule has 0 bridgehead atoms. The van der Waals surface area contributed by atoms with Gasteiger partial charge in [0.05, 0.1) is 32.4 Å². The second-order valence-corrected chi connectivity index (χ2v) is 9.77. The molecule has 204 valence electrons. The first-order chi connectivity index (χ1) is 19.6. The number of rotatable bonds is 9. The topological polar surface area (TPSA) is 87.9 Å². The van der Waals surface area contributed by atoms with Gasteiger partial charge < -0.3 is 24.1 Å². The number of ether oxygens (including phenoxy) is 4. The average Bonchev–Trinajstić information content (AvgIpc) is 3.61. The lowest BCUT2D eigenvalue weighted by molar-refractivity contribution is -0.0951. The van der Waals surface area contributed by atoms with Gasteiger partial charge in [-0.15, -0.1) is 5.10 Å². The zero-order chi connectivity index (χ0) is 27.5. The molecule has 40 heavy (non-hydrogen) atoms. The summed E-state index contributed by atoms with van der Waals surface area (Å²) in [7, 11) is 3.29. The van der Waals surface area contributed by atoms with Gasteiger partial charge in [0.15, 0.2) is 6.23 Å². The Kier molecular flexibility index (Phi) is 7.21. The molecular formula is C32H31N3O5. The Morgan fingerprint density at radius 3 is 2.00 bits per heavy atom. The Hall–Kier alpha value is -4.24. The third-order valence-corrected chi connectivity index (χ3v) is 7.49. The quantitative estimate of drug-likeness (QED) is 0.262. The number of fused-ring (bicyclic) bond motifs is 1. The molecular weight excluding hydrogens is 506 g/mol. The first-order valence-corrected chi connectivity index (χ1v) is 13.2. The Bertz CT molecular complexity index is 1510. The highest BCUT2D eigenvalue weighted by atomic mass is 16.6. The number of aromatic nitrogens is 3. The summed E-state index contributed by atoms with van der Waals surface area (Å²) in [5.74, 6) is 1.50. The van der Waals surface area contributed by atoms with Gasteiger partial charge in [0, 0.05) is 6.42 Å². The van der Waals surface area contributed by atoms with Gasteiger partial charge in [0.2, 0.25) is 0 Å². The minimum Gasteiger partial charge on any atom is -0.497 e. The Labute approximate surface area is 232 Å². The van der Waals surface area contributed by atoms with Gasteiger partial charge in [-0.1, -0.05) is 71.9 Å². The number of methoxy groups -OCH3 is 2. The average molecular weight is 538 g/mol. The largest absolute Gasteiger partial charge is 0.497 e. The van der Waals surface area contributed by atoms with Crippen LogP contribution in [0.3, 0.4) is 0 Å². The second-order valence-electron chi connectivity index (χ2n) is 9.77. The number of aliphatic hydroxyl groups is 1. The summed E-state index contributed by atoms with van der Waals surface area (Å²) < 4.78 is 25.9. The molecule has 0 unspecified atom stereocenters. The Morgan fingerprint density at radius 1 is 0.800 bits per heavy atom. The maximum Gasteiger partial charge on any atom is 0.155 e. The molecule has 8 nitrogen and oxygen atoms in total. The smallest absolute Gasteiger partial charge is 0.155 e. The number of aliphatic hydroxyl groups excluding tert-OH is 1. The molecule has 2 heterocycles. The van der Waals surface area contributed by atoms with Crippen LogP contribution >= 0.6 is 0 Å². The molecule has 1 saturated heterocycles. The maximum absolute atomic E-state index is 11.1. The van der Waals surface area contributed by atoms with Crippen molar-refractivity contribution in [2.75, 3.05) is 20.8 Å². The summed E-state index contributed by atoms with van der Waals surface area (Å²) >= 11 is 0. The third-order valence-electron chi connectivity index (χ3n) is 7.49. The van der Waals surface area contributed by atoms with Crippen LogP contribution in [0.15, 0.2) is 103 Å². The number of nitrogens with zero attached hydrogens (tertiary/aromatic N) is 3. The van der Waals surface area contributed by atoms with Crippen molar-refractivity contribution in [1.29, 1.82) is 0 Å². The van der Waals surface area contributed by atoms with E-state index in [1.165, 1.54) is 0 Å². The lowest BCUT2D eigenvalue weighted by Gasteiger charge is -2.37. The zero-order valence-electron chi connectivity index (χ0n) is 22.4. The molecule has 0 aliphatic carbocycles. The standard InChI is InChI=1S/C32H31N3O5/c1-37-25-16-12-23(13-17-25)32(22-8-4-3-5-9-22,24-14-18-26(38-2)19-15-24)39-21-30-29(36)20-31(40-30)35-28-11-7-6-10-27(28)33-34-35/h3-19,29-31,36H,20-21H2,1-2H3/t29-,30+,31+/m0/s1. The van der Waals surface area contributed by atoms with Crippen molar-refractivity contribution in [3.8, 4) is 11.5 Å². The van der Waals surface area contributed by atoms with Crippen molar-refractivity contribution in [2.24, 2.45) is 0 Å². The normalized spacial score (nSPS) is 19.1. The molecule has 1 aliphatic rings. The minimum atomic E-state index is -0.999. The van der Waals surface area contributed by atoms with E-state index in [2.05, 4.69) is 10.3 Å². The Balaban J connectivity index is 1.37. The highest BCUT2D eigenvalue weighted by Crippen LogP contribution is 2.42. The molecule has 6 rings (SSSR count). The van der Waals surface area contributed by atoms with E-state index in [1.54, 1.807) is 18.9 Å². The monoisotopic (exact) mass is 537 g/mol. The highest BCUT2D eigenvalue weighted by molar-refractivity contribution is 5.73. The van der Waals surface area contributed by atoms with Crippen LogP contribution in [0.1, 0.15) is 29.3 Å². The highest BCUT2D eigenvalue weighted by Gasteiger charge is 2.42. The van der Waals surface area contributed by atoms with Crippen LogP contribution in [0.4, 0.5) is 0 Å². The van der Waals surface area contributed by atoms with E-state index in [4.69, 9.17) is 18.9 Å². The summed E-state index contributed by atoms with van der Waals surface area (Å²) in [6.07, 6.45) is -1.39. The molecule has 5 aromatic rings. The molecule has 0 amide bonds. The van der Waals surface area contributed by atoms with Crippen molar-refractivity contribution in [3.63, 3.8) is 0 Å². The van der Waals surface area contributed by atoms with Crippen LogP contribution in [-0.4, -0.2) is 53.1 Å². The number of benzene rings is 4. The van der Waals surface area contributed by atoms with E-state index >= 15 is 0 Å². The van der Waals surface area contributed by atoms with E-state index in [9.17, 15) is 5.11 Å². The predicted molar refractivity (Wildman–Crippen MR) is 150 cm³/mol. The van der Waals surface area contributed by atoms with Crippen molar-refractivity contribution >= 4 is 11.0 Å². The number of hydrogen-bond acceptors (Lipinski definition) is 7. The van der Waals surface area contributed by atoms with E-state index in [0.717, 1.165) is 39.2 Å². The number of para-hydroxylation sites is 1. The summed E-state index contributed by atoms with van der Waals surface area (Å²) in [5.41, 5.74) is 3.41. The third kappa shape index (κ3) is 4.70. The maximum atomic E-state index is 11.1. The lowest BCUT2D eigenvalue weighted by atomic mass is 9.80. The van der Waals surface area contributed by atoms with Gasteiger partial charge in [-0.2, -0.15) is 0 Å². The predicted octanol–water partition coefficient (Wildman–Crippen LogP) is 5.11. The van der Waals surface area contributed by atoms with Gasteiger partial charge in [-0.3, -0.25) is 0 Å². The number of hydrogen-bond donors (Lipinski definition) is 1. The summed E-state index contributed by atoms with van der Waals surface area (Å²) in [6, 6.07) is 33.5. The molecule has 1 aromatic heterocycles. The van der Waals surface area contributed by atoms with E-state index in [0.29, 0.717) is 6.42 Å². The summed E-state index contributed by atoms with van der Waals surface area (Å²) in [6.45, 7) is 0.136. The molecule has 1 N–H and O–H groups in total. The molecule has 0 spiro atoms. The van der Waals surface area contributed by atoms with Crippen LogP contribution < -0.4 is 9.47 Å². The van der Waals surface area contributed by atoms with Gasteiger partial charge in [0.25, 0.3) is 0 Å². The lowest BCUT2D eigenvalue weighted by Crippen LogP contribution is -2.38. The fraction of sp³-hybridized carbons (Fsp3) is 0.250. The van der Waals surface area contributed by atoms with Crippen LogP contribution in [0.5, 0.6) is 11.5 Å². The van der Waals surface area contributed by atoms with Gasteiger partial charge in [-0.05, 0) is 53.1 Å². The van der Waals surface area contributed by atoms with E-state index in [-0.39, 0.29) is 6.61 Å². The molecule has 1 aliphatic heterocycles. The second kappa shape index (κ2) is 11.1. The van der Waals surface area contributed by atoms with Crippen LogP contribution in [0.25, 0.3) is 11.0 Å². The van der Waals surface area contributed by atoms with Crippen LogP contribution in [-0.2, 0) is 15.1 Å². The SMILES string of the molecule is COc1ccc(C(OC[C@H]2O[C@@H](n3nnc4ccccc43)C[C@@H]2O)(c2ccccc2)c2ccc(OC)cc2)cc1. The summed E-state index contributed by atoms with van der Waals surface area (Å²) in [4.78, 5) is 0. The van der Waals surface area contributed by atoms with Crippen LogP contribution in [0.2, 0.25) is 0 Å². The Morgan fingerprint density at radius 2 is 1.38 bits per heavy atom. The van der Waals surface area contributed by atoms with Gasteiger partial charge >= 0.3 is 0 Å². The molecule has 1 fully saturated rings. The van der Waals surface area contributed by atoms with Crippen molar-refractivity contribution < 1.29 is 24.1 Å². The zero-order valence-corrected chi connectivity index (χ0v) is 22.4. The summed E-state index contributed by atoms with van der Waals surface area (Å²) in [5, 5.41) is 19.6. The molecule has 0 radical (unpaired) electrons. The van der Waals surface area contributed by atoms with Gasteiger partial charge in [0.1, 0.15) is 28.7 Å². The van der Waals surface area contributed by atoms with Crippen molar-refractivity contribution in [1.82, 2.24) is 15.0 Å². The van der Waals surface area contributed by atoms with E-state index < -0.39 is 24.0 Å². The first-order valence-electron chi connectivity index (χ1n) is 13.2. The fourth-order valence-electron chi connectivity index (χ4n) is 5.40. The van der Waals surface area contributed by atoms with Crippen LogP contribution in [0, 0.1) is 0 Å². The molecule has 4 aromatic carbocycles. The molecule has 3 atom stereocenters. The van der Waals surface area contributed by atoms with E-state index in [1.807, 2.05) is 103 Å². The first kappa shape index (κ1) is 26.0. The van der Waals surface area contributed by atoms with Crippen molar-refractivity contribution in [2.45, 2.75) is 30.5 Å². The van der Waals surface area contributed by atoms with Gasteiger partial charge in [-0.25, -0.2) is 4.68 Å².